The van der Waals surface area contributed by atoms with Crippen LogP contribution in [-0.2, 0) is 0 Å². The van der Waals surface area contributed by atoms with Crippen molar-refractivity contribution < 1.29 is 4.79 Å². The fraction of sp³-hybridized carbons (Fsp3) is 0.0714. The lowest BCUT2D eigenvalue weighted by Crippen LogP contribution is -2.17. The molecule has 0 saturated heterocycles. The molecule has 0 aliphatic heterocycles. The van der Waals surface area contributed by atoms with E-state index < -0.39 is 0 Å². The Morgan fingerprint density at radius 3 is 2.38 bits per heavy atom. The van der Waals surface area contributed by atoms with Crippen LogP contribution in [0.3, 0.4) is 0 Å². The first-order valence-electron chi connectivity index (χ1n) is 10.6. The summed E-state index contributed by atoms with van der Waals surface area (Å²) in [4.78, 5) is 12.6. The third kappa shape index (κ3) is 3.56. The number of rotatable bonds is 4. The van der Waals surface area contributed by atoms with Crippen LogP contribution in [0.2, 0.25) is 0 Å². The molecule has 0 aliphatic carbocycles. The van der Waals surface area contributed by atoms with Gasteiger partial charge in [-0.25, -0.2) is 5.43 Å². The largest absolute Gasteiger partial charge is 0.317 e. The second-order valence-corrected chi connectivity index (χ2v) is 7.92. The van der Waals surface area contributed by atoms with Crippen molar-refractivity contribution in [2.24, 2.45) is 5.10 Å². The van der Waals surface area contributed by atoms with Crippen LogP contribution >= 0.6 is 0 Å². The van der Waals surface area contributed by atoms with Crippen LogP contribution in [0.1, 0.15) is 27.3 Å². The normalized spacial score (nSPS) is 11.4. The van der Waals surface area contributed by atoms with Gasteiger partial charge in [-0.3, -0.25) is 4.79 Å². The van der Waals surface area contributed by atoms with Crippen molar-refractivity contribution in [2.75, 3.05) is 0 Å². The number of benzene rings is 4. The summed E-state index contributed by atoms with van der Waals surface area (Å²) in [6, 6.07) is 30.4. The topological polar surface area (TPSA) is 46.4 Å². The lowest BCUT2D eigenvalue weighted by molar-refractivity contribution is 0.0955. The van der Waals surface area contributed by atoms with Crippen molar-refractivity contribution in [3.05, 3.63) is 114 Å². The minimum Gasteiger partial charge on any atom is -0.317 e. The SMILES string of the molecule is Cc1cc(/C=N/NC(=O)c2ccc3ccccc3c2)c(C)n1-c1cccc2ccccc12. The van der Waals surface area contributed by atoms with Gasteiger partial charge in [0.25, 0.3) is 5.91 Å². The Labute approximate surface area is 186 Å². The van der Waals surface area contributed by atoms with Gasteiger partial charge in [-0.2, -0.15) is 5.10 Å². The number of hydrogen-bond donors (Lipinski definition) is 1. The first-order valence-corrected chi connectivity index (χ1v) is 10.6. The van der Waals surface area contributed by atoms with E-state index in [1.54, 1.807) is 6.21 Å². The number of nitrogens with zero attached hydrogens (tertiary/aromatic N) is 2. The Hall–Kier alpha value is -4.18. The van der Waals surface area contributed by atoms with E-state index in [9.17, 15) is 4.79 Å². The average molecular weight is 418 g/mol. The summed E-state index contributed by atoms with van der Waals surface area (Å²) >= 11 is 0. The van der Waals surface area contributed by atoms with Crippen LogP contribution in [0.15, 0.2) is 96.1 Å². The molecule has 32 heavy (non-hydrogen) atoms. The highest BCUT2D eigenvalue weighted by Gasteiger charge is 2.12. The number of hydrazone groups is 1. The van der Waals surface area contributed by atoms with E-state index in [0.717, 1.165) is 33.4 Å². The summed E-state index contributed by atoms with van der Waals surface area (Å²) in [5.41, 5.74) is 7.53. The second kappa shape index (κ2) is 8.16. The predicted octanol–water partition coefficient (Wildman–Crippen LogP) is 6.16. The summed E-state index contributed by atoms with van der Waals surface area (Å²) in [5, 5.41) is 8.77. The zero-order valence-electron chi connectivity index (χ0n) is 18.0. The van der Waals surface area contributed by atoms with Crippen LogP contribution in [-0.4, -0.2) is 16.7 Å². The molecular formula is C28H23N3O. The minimum atomic E-state index is -0.227. The first kappa shape index (κ1) is 19.8. The van der Waals surface area contributed by atoms with Crippen LogP contribution < -0.4 is 5.43 Å². The highest BCUT2D eigenvalue weighted by Crippen LogP contribution is 2.26. The first-order chi connectivity index (χ1) is 15.6. The number of aromatic nitrogens is 1. The summed E-state index contributed by atoms with van der Waals surface area (Å²) in [6.45, 7) is 4.15. The summed E-state index contributed by atoms with van der Waals surface area (Å²) in [5.74, 6) is -0.227. The third-order valence-corrected chi connectivity index (χ3v) is 5.86. The molecule has 5 aromatic rings. The van der Waals surface area contributed by atoms with E-state index in [1.807, 2.05) is 42.5 Å². The van der Waals surface area contributed by atoms with Crippen molar-refractivity contribution in [1.29, 1.82) is 0 Å². The van der Waals surface area contributed by atoms with E-state index in [1.165, 1.54) is 10.8 Å². The van der Waals surface area contributed by atoms with Crippen LogP contribution in [0.25, 0.3) is 27.2 Å². The number of carbonyl (C=O) groups is 1. The second-order valence-electron chi connectivity index (χ2n) is 7.92. The molecule has 156 valence electrons. The van der Waals surface area contributed by atoms with E-state index in [4.69, 9.17) is 0 Å². The molecule has 0 radical (unpaired) electrons. The molecule has 0 fully saturated rings. The van der Waals surface area contributed by atoms with Gasteiger partial charge in [0.05, 0.1) is 11.9 Å². The van der Waals surface area contributed by atoms with Crippen molar-refractivity contribution in [3.8, 4) is 5.69 Å². The number of fused-ring (bicyclic) bond motifs is 2. The van der Waals surface area contributed by atoms with Crippen molar-refractivity contribution >= 4 is 33.7 Å². The van der Waals surface area contributed by atoms with Gasteiger partial charge in [0.2, 0.25) is 0 Å². The molecule has 1 aromatic heterocycles. The Bertz CT molecular complexity index is 1490. The highest BCUT2D eigenvalue weighted by molar-refractivity contribution is 5.99. The molecule has 4 nitrogen and oxygen atoms in total. The lowest BCUT2D eigenvalue weighted by Gasteiger charge is -2.13. The molecule has 1 amide bonds. The van der Waals surface area contributed by atoms with E-state index >= 15 is 0 Å². The standard InChI is InChI=1S/C28H23N3O/c1-19-16-25(20(2)31(19)27-13-7-11-22-9-5-6-12-26(22)27)18-29-30-28(32)24-15-14-21-8-3-4-10-23(21)17-24/h3-18H,1-2H3,(H,30,32)/b29-18+. The third-order valence-electron chi connectivity index (χ3n) is 5.86. The molecule has 4 aromatic carbocycles. The van der Waals surface area contributed by atoms with E-state index in [0.29, 0.717) is 5.56 Å². The number of aryl methyl sites for hydroxylation is 1. The molecule has 0 unspecified atom stereocenters. The van der Waals surface area contributed by atoms with Gasteiger partial charge >= 0.3 is 0 Å². The molecule has 0 spiro atoms. The quantitative estimate of drug-likeness (QED) is 0.276. The summed E-state index contributed by atoms with van der Waals surface area (Å²) < 4.78 is 2.23. The van der Waals surface area contributed by atoms with Gasteiger partial charge in [-0.1, -0.05) is 66.7 Å². The Morgan fingerprint density at radius 1 is 0.812 bits per heavy atom. The molecule has 0 saturated carbocycles. The van der Waals surface area contributed by atoms with E-state index in [-0.39, 0.29) is 5.91 Å². The van der Waals surface area contributed by atoms with Gasteiger partial charge in [-0.15, -0.1) is 0 Å². The Morgan fingerprint density at radius 2 is 1.53 bits per heavy atom. The molecule has 1 N–H and O–H groups in total. The molecular weight excluding hydrogens is 394 g/mol. The molecule has 5 rings (SSSR count). The predicted molar refractivity (Wildman–Crippen MR) is 132 cm³/mol. The van der Waals surface area contributed by atoms with Gasteiger partial charge in [0, 0.05) is 27.9 Å². The maximum absolute atomic E-state index is 12.6. The Kier molecular flexibility index (Phi) is 5.04. The van der Waals surface area contributed by atoms with Gasteiger partial charge < -0.3 is 4.57 Å². The van der Waals surface area contributed by atoms with Crippen molar-refractivity contribution in [2.45, 2.75) is 13.8 Å². The van der Waals surface area contributed by atoms with Crippen molar-refractivity contribution in [3.63, 3.8) is 0 Å². The van der Waals surface area contributed by atoms with Crippen LogP contribution in [0.5, 0.6) is 0 Å². The highest BCUT2D eigenvalue weighted by atomic mass is 16.2. The minimum absolute atomic E-state index is 0.227. The van der Waals surface area contributed by atoms with Crippen LogP contribution in [0.4, 0.5) is 0 Å². The van der Waals surface area contributed by atoms with Gasteiger partial charge in [0.15, 0.2) is 0 Å². The van der Waals surface area contributed by atoms with Crippen LogP contribution in [0, 0.1) is 13.8 Å². The smallest absolute Gasteiger partial charge is 0.271 e. The number of amides is 1. The number of hydrogen-bond acceptors (Lipinski definition) is 2. The maximum atomic E-state index is 12.6. The fourth-order valence-corrected chi connectivity index (χ4v) is 4.25. The average Bonchev–Trinajstić information content (AvgIpc) is 3.11. The zero-order chi connectivity index (χ0) is 22.1. The summed E-state index contributed by atoms with van der Waals surface area (Å²) in [7, 11) is 0. The maximum Gasteiger partial charge on any atom is 0.271 e. The molecule has 0 atom stereocenters. The number of nitrogens with one attached hydrogen (secondary N) is 1. The molecule has 1 heterocycles. The van der Waals surface area contributed by atoms with Crippen molar-refractivity contribution in [1.82, 2.24) is 9.99 Å². The Balaban J connectivity index is 1.40. The molecule has 0 bridgehead atoms. The van der Waals surface area contributed by atoms with Gasteiger partial charge in [-0.05, 0) is 54.3 Å². The van der Waals surface area contributed by atoms with E-state index in [2.05, 4.69) is 77.5 Å². The zero-order valence-corrected chi connectivity index (χ0v) is 18.0. The fourth-order valence-electron chi connectivity index (χ4n) is 4.25. The lowest BCUT2D eigenvalue weighted by atomic mass is 10.1. The molecule has 0 aliphatic rings. The van der Waals surface area contributed by atoms with Gasteiger partial charge in [0.1, 0.15) is 0 Å². The molecule has 4 heteroatoms. The number of carbonyl (C=O) groups excluding carboxylic acids is 1. The monoisotopic (exact) mass is 417 g/mol. The summed E-state index contributed by atoms with van der Waals surface area (Å²) in [6.07, 6.45) is 1.71.